The van der Waals surface area contributed by atoms with Crippen LogP contribution in [0.3, 0.4) is 0 Å². The smallest absolute Gasteiger partial charge is 0.182 e. The molecule has 0 fully saturated rings. The average molecular weight is 288 g/mol. The van der Waals surface area contributed by atoms with Crippen molar-refractivity contribution in [3.05, 3.63) is 42.4 Å². The van der Waals surface area contributed by atoms with Gasteiger partial charge in [0, 0.05) is 24.7 Å². The van der Waals surface area contributed by atoms with E-state index in [9.17, 15) is 0 Å². The van der Waals surface area contributed by atoms with E-state index in [0.717, 1.165) is 42.4 Å². The van der Waals surface area contributed by atoms with Crippen LogP contribution in [-0.2, 0) is 13.1 Å². The molecule has 0 bridgehead atoms. The number of nitrogens with zero attached hydrogens (tertiary/aromatic N) is 4. The van der Waals surface area contributed by atoms with E-state index in [1.165, 1.54) is 5.39 Å². The van der Waals surface area contributed by atoms with E-state index in [-0.39, 0.29) is 12.4 Å². The van der Waals surface area contributed by atoms with Crippen molar-refractivity contribution in [2.24, 2.45) is 0 Å². The average Bonchev–Trinajstić information content (AvgIpc) is 2.91. The number of rotatable bonds is 1. The Morgan fingerprint density at radius 2 is 1.95 bits per heavy atom. The molecule has 3 aromatic rings. The summed E-state index contributed by atoms with van der Waals surface area (Å²) in [5, 5.41) is 14.1. The number of benzene rings is 1. The van der Waals surface area contributed by atoms with Crippen molar-refractivity contribution in [3.63, 3.8) is 0 Å². The Hall–Kier alpha value is -1.98. The van der Waals surface area contributed by atoms with Crippen LogP contribution < -0.4 is 5.32 Å². The lowest BCUT2D eigenvalue weighted by Gasteiger charge is -2.15. The van der Waals surface area contributed by atoms with Crippen LogP contribution in [0.5, 0.6) is 0 Å². The van der Waals surface area contributed by atoms with Crippen molar-refractivity contribution >= 4 is 23.2 Å². The van der Waals surface area contributed by atoms with Gasteiger partial charge in [0.15, 0.2) is 5.82 Å². The van der Waals surface area contributed by atoms with Crippen molar-refractivity contribution < 1.29 is 0 Å². The van der Waals surface area contributed by atoms with Gasteiger partial charge >= 0.3 is 0 Å². The SMILES string of the molecule is Cl.c1ccc2cc(-c3nnc4n3CCNC4)ncc2c1. The molecular weight excluding hydrogens is 274 g/mol. The van der Waals surface area contributed by atoms with Gasteiger partial charge < -0.3 is 9.88 Å². The van der Waals surface area contributed by atoms with Crippen LogP contribution in [0.4, 0.5) is 0 Å². The summed E-state index contributed by atoms with van der Waals surface area (Å²) in [6.07, 6.45) is 1.90. The molecule has 0 atom stereocenters. The second kappa shape index (κ2) is 5.19. The number of hydrogen-bond donors (Lipinski definition) is 1. The van der Waals surface area contributed by atoms with Gasteiger partial charge in [0.2, 0.25) is 0 Å². The number of pyridine rings is 1. The van der Waals surface area contributed by atoms with Gasteiger partial charge in [-0.25, -0.2) is 0 Å². The maximum absolute atomic E-state index is 4.51. The fourth-order valence-corrected chi connectivity index (χ4v) is 2.49. The first-order valence-corrected chi connectivity index (χ1v) is 6.40. The molecule has 0 unspecified atom stereocenters. The van der Waals surface area contributed by atoms with Crippen LogP contribution in [0, 0.1) is 0 Å². The van der Waals surface area contributed by atoms with Crippen LogP contribution in [0.15, 0.2) is 36.5 Å². The molecule has 2 aromatic heterocycles. The third kappa shape index (κ3) is 2.05. The van der Waals surface area contributed by atoms with Gasteiger partial charge in [-0.05, 0) is 11.5 Å². The molecule has 5 nitrogen and oxygen atoms in total. The summed E-state index contributed by atoms with van der Waals surface area (Å²) in [4.78, 5) is 4.51. The third-order valence-corrected chi connectivity index (χ3v) is 3.48. The number of hydrogen-bond acceptors (Lipinski definition) is 4. The van der Waals surface area contributed by atoms with E-state index in [4.69, 9.17) is 0 Å². The normalized spacial score (nSPS) is 13.8. The van der Waals surface area contributed by atoms with Gasteiger partial charge in [-0.1, -0.05) is 24.3 Å². The van der Waals surface area contributed by atoms with E-state index in [0.29, 0.717) is 0 Å². The van der Waals surface area contributed by atoms with Crippen LogP contribution >= 0.6 is 12.4 Å². The molecular formula is C14H14ClN5. The van der Waals surface area contributed by atoms with Crippen molar-refractivity contribution in [3.8, 4) is 11.5 Å². The second-order valence-electron chi connectivity index (χ2n) is 4.68. The van der Waals surface area contributed by atoms with Crippen molar-refractivity contribution in [1.29, 1.82) is 0 Å². The maximum Gasteiger partial charge on any atom is 0.182 e. The van der Waals surface area contributed by atoms with Crippen molar-refractivity contribution in [2.75, 3.05) is 6.54 Å². The quantitative estimate of drug-likeness (QED) is 0.744. The Morgan fingerprint density at radius 1 is 1.10 bits per heavy atom. The molecule has 0 radical (unpaired) electrons. The van der Waals surface area contributed by atoms with E-state index >= 15 is 0 Å². The largest absolute Gasteiger partial charge is 0.308 e. The Kier molecular flexibility index (Phi) is 3.38. The molecule has 1 aliphatic rings. The predicted molar refractivity (Wildman–Crippen MR) is 79.7 cm³/mol. The van der Waals surface area contributed by atoms with Crippen molar-refractivity contribution in [1.82, 2.24) is 25.1 Å². The van der Waals surface area contributed by atoms with Crippen LogP contribution in [0.2, 0.25) is 0 Å². The fourth-order valence-electron chi connectivity index (χ4n) is 2.49. The van der Waals surface area contributed by atoms with E-state index in [2.05, 4.69) is 43.3 Å². The summed E-state index contributed by atoms with van der Waals surface area (Å²) in [6.45, 7) is 2.62. The number of fused-ring (bicyclic) bond motifs is 2. The number of halogens is 1. The Labute approximate surface area is 122 Å². The van der Waals surface area contributed by atoms with Gasteiger partial charge in [0.1, 0.15) is 11.5 Å². The van der Waals surface area contributed by atoms with E-state index < -0.39 is 0 Å². The highest BCUT2D eigenvalue weighted by atomic mass is 35.5. The molecule has 6 heteroatoms. The first-order chi connectivity index (χ1) is 9.42. The van der Waals surface area contributed by atoms with Gasteiger partial charge in [-0.3, -0.25) is 4.98 Å². The van der Waals surface area contributed by atoms with Gasteiger partial charge in [0.05, 0.1) is 6.54 Å². The highest BCUT2D eigenvalue weighted by molar-refractivity contribution is 5.85. The molecule has 1 N–H and O–H groups in total. The molecule has 0 aliphatic carbocycles. The Morgan fingerprint density at radius 3 is 2.85 bits per heavy atom. The minimum atomic E-state index is 0. The summed E-state index contributed by atoms with van der Waals surface area (Å²) in [7, 11) is 0. The summed E-state index contributed by atoms with van der Waals surface area (Å²) in [5.41, 5.74) is 0.888. The molecule has 3 heterocycles. The third-order valence-electron chi connectivity index (χ3n) is 3.48. The van der Waals surface area contributed by atoms with Crippen molar-refractivity contribution in [2.45, 2.75) is 13.1 Å². The predicted octanol–water partition coefficient (Wildman–Crippen LogP) is 2.02. The highest BCUT2D eigenvalue weighted by Crippen LogP contribution is 2.21. The molecule has 0 spiro atoms. The molecule has 1 aliphatic heterocycles. The number of nitrogens with one attached hydrogen (secondary N) is 1. The Bertz CT molecular complexity index is 752. The zero-order chi connectivity index (χ0) is 12.7. The molecule has 102 valence electrons. The van der Waals surface area contributed by atoms with Crippen LogP contribution in [0.25, 0.3) is 22.3 Å². The molecule has 20 heavy (non-hydrogen) atoms. The Balaban J connectivity index is 0.00000121. The lowest BCUT2D eigenvalue weighted by Crippen LogP contribution is -2.28. The summed E-state index contributed by atoms with van der Waals surface area (Å²) < 4.78 is 2.15. The van der Waals surface area contributed by atoms with Gasteiger partial charge in [0.25, 0.3) is 0 Å². The highest BCUT2D eigenvalue weighted by Gasteiger charge is 2.17. The minimum Gasteiger partial charge on any atom is -0.308 e. The zero-order valence-corrected chi connectivity index (χ0v) is 11.6. The number of aromatic nitrogens is 4. The standard InChI is InChI=1S/C14H13N5.ClH/c1-2-4-11-8-16-12(7-10(11)3-1)14-18-17-13-9-15-5-6-19(13)14;/h1-4,7-8,15H,5-6,9H2;1H. The molecule has 0 saturated carbocycles. The molecule has 0 amide bonds. The molecule has 1 aromatic carbocycles. The van der Waals surface area contributed by atoms with E-state index in [1.54, 1.807) is 0 Å². The molecule has 4 rings (SSSR count). The monoisotopic (exact) mass is 287 g/mol. The lowest BCUT2D eigenvalue weighted by atomic mass is 10.1. The van der Waals surface area contributed by atoms with Crippen LogP contribution in [0.1, 0.15) is 5.82 Å². The summed E-state index contributed by atoms with van der Waals surface area (Å²) in [5.74, 6) is 1.85. The fraction of sp³-hybridized carbons (Fsp3) is 0.214. The lowest BCUT2D eigenvalue weighted by molar-refractivity contribution is 0.508. The second-order valence-corrected chi connectivity index (χ2v) is 4.68. The van der Waals surface area contributed by atoms with Gasteiger partial charge in [-0.15, -0.1) is 22.6 Å². The topological polar surface area (TPSA) is 55.6 Å². The van der Waals surface area contributed by atoms with Gasteiger partial charge in [-0.2, -0.15) is 0 Å². The summed E-state index contributed by atoms with van der Waals surface area (Å²) >= 11 is 0. The minimum absolute atomic E-state index is 0. The molecule has 0 saturated heterocycles. The van der Waals surface area contributed by atoms with E-state index in [1.807, 2.05) is 18.3 Å². The first kappa shape index (κ1) is 13.0. The first-order valence-electron chi connectivity index (χ1n) is 6.40. The van der Waals surface area contributed by atoms with Crippen LogP contribution in [-0.4, -0.2) is 26.3 Å². The zero-order valence-electron chi connectivity index (χ0n) is 10.8. The summed E-state index contributed by atoms with van der Waals surface area (Å²) in [6, 6.07) is 10.3. The maximum atomic E-state index is 4.51.